The summed E-state index contributed by atoms with van der Waals surface area (Å²) in [6.07, 6.45) is 25.5. The molecule has 62 heavy (non-hydrogen) atoms. The Morgan fingerprint density at radius 2 is 1.11 bits per heavy atom. The number of allylic oxidation sites excluding steroid dienone is 11. The van der Waals surface area contributed by atoms with Crippen molar-refractivity contribution in [2.24, 2.45) is 0 Å². The summed E-state index contributed by atoms with van der Waals surface area (Å²) in [4.78, 5) is 13.1. The van der Waals surface area contributed by atoms with Crippen molar-refractivity contribution in [3.63, 3.8) is 0 Å². The number of aliphatic hydroxyl groups is 8. The van der Waals surface area contributed by atoms with Crippen LogP contribution in [0.25, 0.3) is 0 Å². The van der Waals surface area contributed by atoms with Gasteiger partial charge in [-0.2, -0.15) is 0 Å². The molecule has 14 heteroatoms. The Balaban J connectivity index is 1.81. The molecule has 2 aliphatic heterocycles. The molecule has 12 unspecified atom stereocenters. The van der Waals surface area contributed by atoms with Gasteiger partial charge in [-0.15, -0.1) is 0 Å². The van der Waals surface area contributed by atoms with Gasteiger partial charge in [-0.25, -0.2) is 0 Å². The lowest BCUT2D eigenvalue weighted by molar-refractivity contribution is -0.359. The van der Waals surface area contributed by atoms with Crippen molar-refractivity contribution in [1.82, 2.24) is 5.32 Å². The van der Waals surface area contributed by atoms with Gasteiger partial charge < -0.3 is 65.1 Å². The van der Waals surface area contributed by atoms with Crippen molar-refractivity contribution in [2.45, 2.75) is 203 Å². The van der Waals surface area contributed by atoms with Gasteiger partial charge in [0, 0.05) is 6.42 Å². The highest BCUT2D eigenvalue weighted by Crippen LogP contribution is 2.30. The Labute approximate surface area is 370 Å². The number of unbranched alkanes of at least 4 members (excludes halogenated alkanes) is 10. The summed E-state index contributed by atoms with van der Waals surface area (Å²) in [7, 11) is 0. The molecule has 0 aromatic rings. The first-order chi connectivity index (χ1) is 30.1. The Kier molecular flexibility index (Phi) is 31.2. The Morgan fingerprint density at radius 1 is 0.597 bits per heavy atom. The van der Waals surface area contributed by atoms with Gasteiger partial charge in [0.25, 0.3) is 0 Å². The first-order valence-corrected chi connectivity index (χ1v) is 23.2. The molecule has 0 radical (unpaired) electrons. The predicted octanol–water partition coefficient (Wildman–Crippen LogP) is 4.87. The molecule has 0 aromatic heterocycles. The van der Waals surface area contributed by atoms with E-state index in [1.807, 2.05) is 6.08 Å². The molecule has 356 valence electrons. The molecule has 0 saturated carbocycles. The molecule has 0 bridgehead atoms. The Morgan fingerprint density at radius 3 is 1.71 bits per heavy atom. The molecule has 0 aromatic carbocycles. The van der Waals surface area contributed by atoms with Gasteiger partial charge in [-0.05, 0) is 64.2 Å². The summed E-state index contributed by atoms with van der Waals surface area (Å²) in [5.74, 6) is -0.268. The fourth-order valence-corrected chi connectivity index (χ4v) is 7.08. The second-order valence-electron chi connectivity index (χ2n) is 16.1. The normalized spacial score (nSPS) is 28.4. The smallest absolute Gasteiger partial charge is 0.220 e. The molecule has 12 atom stereocenters. The zero-order valence-corrected chi connectivity index (χ0v) is 37.3. The molecular formula is C48H81NO13. The highest BCUT2D eigenvalue weighted by Gasteiger charge is 2.50. The van der Waals surface area contributed by atoms with E-state index in [0.717, 1.165) is 96.3 Å². The first-order valence-electron chi connectivity index (χ1n) is 23.2. The van der Waals surface area contributed by atoms with E-state index in [1.165, 1.54) is 6.42 Å². The lowest BCUT2D eigenvalue weighted by Crippen LogP contribution is -2.65. The summed E-state index contributed by atoms with van der Waals surface area (Å²) in [5.41, 5.74) is 0. The topological polar surface area (TPSA) is 228 Å². The van der Waals surface area contributed by atoms with E-state index in [9.17, 15) is 45.6 Å². The molecule has 2 saturated heterocycles. The van der Waals surface area contributed by atoms with E-state index in [4.69, 9.17) is 18.9 Å². The van der Waals surface area contributed by atoms with E-state index in [-0.39, 0.29) is 18.9 Å². The maximum atomic E-state index is 13.1. The van der Waals surface area contributed by atoms with Crippen LogP contribution in [0, 0.1) is 0 Å². The van der Waals surface area contributed by atoms with Gasteiger partial charge in [-0.3, -0.25) is 4.79 Å². The van der Waals surface area contributed by atoms with Crippen LogP contribution in [-0.2, 0) is 23.7 Å². The number of rotatable bonds is 33. The highest BCUT2D eigenvalue weighted by atomic mass is 16.7. The van der Waals surface area contributed by atoms with Crippen LogP contribution < -0.4 is 5.32 Å². The minimum absolute atomic E-state index is 0.254. The quantitative estimate of drug-likeness (QED) is 0.0317. The minimum Gasteiger partial charge on any atom is -0.394 e. The van der Waals surface area contributed by atoms with Crippen molar-refractivity contribution in [3.8, 4) is 0 Å². The third-order valence-corrected chi connectivity index (χ3v) is 10.9. The standard InChI is InChI=1S/C48H81NO13/c1-3-5-7-9-11-12-13-14-15-16-17-18-19-20-21-22-23-24-26-28-30-32-40(53)49-36(37(52)31-29-27-25-10-8-6-4-2)35-59-47-45(58)43(56)46(39(34-51)61-47)62-48-44(57)42(55)41(54)38(33-50)60-48/h5,7,11-12,14-15,17-18,20-21,29,31,36-39,41-48,50-52,54-58H,3-4,6,8-10,13,16,19,22-28,30,32-35H2,1-2H3,(H,49,53)/b7-5-,12-11-,15-14-,18-17-,21-20-,31-29+. The zero-order valence-electron chi connectivity index (χ0n) is 37.3. The van der Waals surface area contributed by atoms with Crippen LogP contribution in [0.15, 0.2) is 72.9 Å². The predicted molar refractivity (Wildman–Crippen MR) is 240 cm³/mol. The summed E-state index contributed by atoms with van der Waals surface area (Å²) >= 11 is 0. The molecule has 2 aliphatic rings. The maximum Gasteiger partial charge on any atom is 0.220 e. The molecule has 0 spiro atoms. The van der Waals surface area contributed by atoms with Crippen molar-refractivity contribution >= 4 is 5.91 Å². The number of hydrogen-bond acceptors (Lipinski definition) is 13. The number of amides is 1. The highest BCUT2D eigenvalue weighted by molar-refractivity contribution is 5.76. The van der Waals surface area contributed by atoms with Crippen molar-refractivity contribution in [2.75, 3.05) is 19.8 Å². The van der Waals surface area contributed by atoms with Gasteiger partial charge >= 0.3 is 0 Å². The van der Waals surface area contributed by atoms with Gasteiger partial charge in [0.05, 0.1) is 32.0 Å². The molecule has 2 heterocycles. The lowest BCUT2D eigenvalue weighted by Gasteiger charge is -2.46. The van der Waals surface area contributed by atoms with Crippen molar-refractivity contribution < 1.29 is 64.6 Å². The SMILES string of the molecule is CC/C=C\C/C=C\C/C=C\C/C=C\C/C=C\CCCCCCCC(=O)NC(COC1OC(CO)C(OC2OC(CO)C(O)C(O)C2O)C(O)C1O)C(O)/C=C/CCCCCCC. The second kappa shape index (κ2) is 34.8. The van der Waals surface area contributed by atoms with Crippen LogP contribution in [0.4, 0.5) is 0 Å². The Bertz CT molecular complexity index is 1320. The van der Waals surface area contributed by atoms with Crippen LogP contribution in [0.2, 0.25) is 0 Å². The summed E-state index contributed by atoms with van der Waals surface area (Å²) < 4.78 is 22.5. The Hall–Kier alpha value is -2.57. The zero-order chi connectivity index (χ0) is 45.4. The monoisotopic (exact) mass is 880 g/mol. The fraction of sp³-hybridized carbons (Fsp3) is 0.729. The van der Waals surface area contributed by atoms with E-state index in [0.29, 0.717) is 6.42 Å². The van der Waals surface area contributed by atoms with Gasteiger partial charge in [0.15, 0.2) is 12.6 Å². The molecule has 14 nitrogen and oxygen atoms in total. The van der Waals surface area contributed by atoms with Gasteiger partial charge in [0.2, 0.25) is 5.91 Å². The third-order valence-electron chi connectivity index (χ3n) is 10.9. The van der Waals surface area contributed by atoms with Crippen molar-refractivity contribution in [3.05, 3.63) is 72.9 Å². The van der Waals surface area contributed by atoms with E-state index in [2.05, 4.69) is 79.9 Å². The van der Waals surface area contributed by atoms with E-state index < -0.39 is 86.8 Å². The van der Waals surface area contributed by atoms with E-state index in [1.54, 1.807) is 6.08 Å². The van der Waals surface area contributed by atoms with Crippen LogP contribution in [0.5, 0.6) is 0 Å². The molecule has 9 N–H and O–H groups in total. The van der Waals surface area contributed by atoms with Gasteiger partial charge in [-0.1, -0.05) is 132 Å². The number of aliphatic hydroxyl groups excluding tert-OH is 8. The number of nitrogens with one attached hydrogen (secondary N) is 1. The summed E-state index contributed by atoms with van der Waals surface area (Å²) in [6, 6.07) is -0.925. The summed E-state index contributed by atoms with van der Waals surface area (Å²) in [6.45, 7) is 2.55. The first kappa shape index (κ1) is 55.6. The summed E-state index contributed by atoms with van der Waals surface area (Å²) in [5, 5.41) is 86.2. The number of carbonyl (C=O) groups is 1. The van der Waals surface area contributed by atoms with E-state index >= 15 is 0 Å². The lowest BCUT2D eigenvalue weighted by atomic mass is 9.97. The second-order valence-corrected chi connectivity index (χ2v) is 16.1. The third kappa shape index (κ3) is 22.4. The molecule has 2 rings (SSSR count). The maximum absolute atomic E-state index is 13.1. The number of hydrogen-bond donors (Lipinski definition) is 9. The number of carbonyl (C=O) groups excluding carboxylic acids is 1. The molecule has 0 aliphatic carbocycles. The van der Waals surface area contributed by atoms with Crippen LogP contribution in [0.1, 0.15) is 129 Å². The molecular weight excluding hydrogens is 799 g/mol. The van der Waals surface area contributed by atoms with Crippen LogP contribution in [-0.4, -0.2) is 140 Å². The number of ether oxygens (including phenoxy) is 4. The fourth-order valence-electron chi connectivity index (χ4n) is 7.08. The van der Waals surface area contributed by atoms with Crippen molar-refractivity contribution in [1.29, 1.82) is 0 Å². The average Bonchev–Trinajstić information content (AvgIpc) is 3.27. The van der Waals surface area contributed by atoms with Crippen LogP contribution >= 0.6 is 0 Å². The molecule has 1 amide bonds. The largest absolute Gasteiger partial charge is 0.394 e. The van der Waals surface area contributed by atoms with Crippen LogP contribution in [0.3, 0.4) is 0 Å². The molecule has 2 fully saturated rings. The van der Waals surface area contributed by atoms with Gasteiger partial charge in [0.1, 0.15) is 48.8 Å². The minimum atomic E-state index is -1.79. The average molecular weight is 880 g/mol.